The van der Waals surface area contributed by atoms with Gasteiger partial charge in [-0.3, -0.25) is 14.7 Å². The number of imide groups is 1. The molecule has 0 saturated carbocycles. The fourth-order valence-corrected chi connectivity index (χ4v) is 3.05. The molecule has 0 spiro atoms. The molecule has 138 valence electrons. The molecule has 7 nitrogen and oxygen atoms in total. The van der Waals surface area contributed by atoms with Crippen molar-refractivity contribution in [2.75, 3.05) is 0 Å². The third kappa shape index (κ3) is 5.19. The number of hydrogen-bond donors (Lipinski definition) is 2. The van der Waals surface area contributed by atoms with Crippen LogP contribution in [0.3, 0.4) is 0 Å². The van der Waals surface area contributed by atoms with Crippen molar-refractivity contribution in [2.24, 2.45) is 0 Å². The first-order valence-corrected chi connectivity index (χ1v) is 9.17. The molecule has 0 radical (unpaired) electrons. The molecule has 1 aromatic heterocycles. The SMILES string of the molecule is C=CCn1c(S[C@@H](C)C(=O)NC(=O)NC(C)C)nnc1-c1ccccc1. The average Bonchev–Trinajstić information content (AvgIpc) is 2.97. The number of nitrogens with zero attached hydrogens (tertiary/aromatic N) is 3. The second-order valence-electron chi connectivity index (χ2n) is 5.95. The van der Waals surface area contributed by atoms with E-state index in [9.17, 15) is 9.59 Å². The van der Waals surface area contributed by atoms with Crippen molar-refractivity contribution >= 4 is 23.7 Å². The second kappa shape index (κ2) is 9.19. The van der Waals surface area contributed by atoms with Crippen molar-refractivity contribution in [3.05, 3.63) is 43.0 Å². The van der Waals surface area contributed by atoms with Gasteiger partial charge >= 0.3 is 6.03 Å². The molecule has 0 unspecified atom stereocenters. The Bertz CT molecular complexity index is 773. The molecule has 0 fully saturated rings. The van der Waals surface area contributed by atoms with Gasteiger partial charge in [0.15, 0.2) is 11.0 Å². The van der Waals surface area contributed by atoms with Gasteiger partial charge in [-0.05, 0) is 20.8 Å². The van der Waals surface area contributed by atoms with Crippen LogP contribution >= 0.6 is 11.8 Å². The summed E-state index contributed by atoms with van der Waals surface area (Å²) in [6.45, 7) is 9.66. The van der Waals surface area contributed by atoms with Gasteiger partial charge in [0.1, 0.15) is 0 Å². The number of urea groups is 1. The van der Waals surface area contributed by atoms with E-state index in [1.807, 2.05) is 48.7 Å². The van der Waals surface area contributed by atoms with Gasteiger partial charge in [-0.25, -0.2) is 4.79 Å². The highest BCUT2D eigenvalue weighted by atomic mass is 32.2. The lowest BCUT2D eigenvalue weighted by Crippen LogP contribution is -2.45. The minimum absolute atomic E-state index is 0.0464. The number of thioether (sulfide) groups is 1. The van der Waals surface area contributed by atoms with Gasteiger partial charge in [-0.15, -0.1) is 16.8 Å². The van der Waals surface area contributed by atoms with Crippen LogP contribution in [-0.2, 0) is 11.3 Å². The number of nitrogens with one attached hydrogen (secondary N) is 2. The molecule has 1 aromatic carbocycles. The van der Waals surface area contributed by atoms with Crippen LogP contribution in [0.4, 0.5) is 4.79 Å². The van der Waals surface area contributed by atoms with Gasteiger partial charge in [0.05, 0.1) is 5.25 Å². The monoisotopic (exact) mass is 373 g/mol. The predicted octanol–water partition coefficient (Wildman–Crippen LogP) is 2.85. The van der Waals surface area contributed by atoms with Gasteiger partial charge in [-0.1, -0.05) is 48.2 Å². The van der Waals surface area contributed by atoms with Gasteiger partial charge in [0, 0.05) is 18.2 Å². The molecule has 0 saturated heterocycles. The lowest BCUT2D eigenvalue weighted by atomic mass is 10.2. The molecule has 2 aromatic rings. The Kier molecular flexibility index (Phi) is 6.97. The predicted molar refractivity (Wildman–Crippen MR) is 103 cm³/mol. The average molecular weight is 373 g/mol. The number of benzene rings is 1. The van der Waals surface area contributed by atoms with Crippen molar-refractivity contribution in [1.82, 2.24) is 25.4 Å². The van der Waals surface area contributed by atoms with Crippen LogP contribution in [0, 0.1) is 0 Å². The summed E-state index contributed by atoms with van der Waals surface area (Å²) in [6.07, 6.45) is 1.75. The minimum atomic E-state index is -0.510. The maximum atomic E-state index is 12.2. The van der Waals surface area contributed by atoms with Gasteiger partial charge in [-0.2, -0.15) is 0 Å². The Hall–Kier alpha value is -2.61. The molecule has 0 aliphatic carbocycles. The first-order chi connectivity index (χ1) is 12.4. The van der Waals surface area contributed by atoms with E-state index in [2.05, 4.69) is 27.4 Å². The normalized spacial score (nSPS) is 11.8. The highest BCUT2D eigenvalue weighted by molar-refractivity contribution is 8.00. The lowest BCUT2D eigenvalue weighted by Gasteiger charge is -2.13. The summed E-state index contributed by atoms with van der Waals surface area (Å²) in [7, 11) is 0. The van der Waals surface area contributed by atoms with Gasteiger partial charge < -0.3 is 5.32 Å². The summed E-state index contributed by atoms with van der Waals surface area (Å²) >= 11 is 1.24. The lowest BCUT2D eigenvalue weighted by molar-refractivity contribution is -0.119. The van der Waals surface area contributed by atoms with E-state index in [4.69, 9.17) is 0 Å². The van der Waals surface area contributed by atoms with Crippen molar-refractivity contribution in [3.63, 3.8) is 0 Å². The van der Waals surface area contributed by atoms with E-state index in [0.29, 0.717) is 17.5 Å². The van der Waals surface area contributed by atoms with E-state index in [1.54, 1.807) is 13.0 Å². The highest BCUT2D eigenvalue weighted by Gasteiger charge is 2.22. The first kappa shape index (κ1) is 19.7. The molecule has 0 aliphatic rings. The summed E-state index contributed by atoms with van der Waals surface area (Å²) in [5, 5.41) is 13.5. The Labute approximate surface area is 157 Å². The highest BCUT2D eigenvalue weighted by Crippen LogP contribution is 2.26. The van der Waals surface area contributed by atoms with Crippen molar-refractivity contribution in [1.29, 1.82) is 0 Å². The van der Waals surface area contributed by atoms with Crippen LogP contribution in [0.2, 0.25) is 0 Å². The third-order valence-corrected chi connectivity index (χ3v) is 4.45. The van der Waals surface area contributed by atoms with E-state index < -0.39 is 11.3 Å². The standard InChI is InChI=1S/C18H23N5O2S/c1-5-11-23-15(14-9-7-6-8-10-14)21-22-18(23)26-13(4)16(24)20-17(25)19-12(2)3/h5-10,12-13H,1,11H2,2-4H3,(H2,19,20,24,25)/t13-/m0/s1. The van der Waals surface area contributed by atoms with Crippen LogP contribution in [-0.4, -0.2) is 38.0 Å². The summed E-state index contributed by atoms with van der Waals surface area (Å²) in [5.41, 5.74) is 0.933. The number of allylic oxidation sites excluding steroid dienone is 1. The van der Waals surface area contributed by atoms with Crippen LogP contribution < -0.4 is 10.6 Å². The maximum absolute atomic E-state index is 12.2. The molecular formula is C18H23N5O2S. The number of carbonyl (C=O) groups is 2. The quantitative estimate of drug-likeness (QED) is 0.575. The molecule has 0 bridgehead atoms. The Balaban J connectivity index is 2.13. The number of rotatable bonds is 7. The molecule has 8 heteroatoms. The number of hydrogen-bond acceptors (Lipinski definition) is 5. The summed E-state index contributed by atoms with van der Waals surface area (Å²) in [4.78, 5) is 23.9. The number of aromatic nitrogens is 3. The molecule has 1 heterocycles. The Morgan fingerprint density at radius 1 is 1.23 bits per heavy atom. The second-order valence-corrected chi connectivity index (χ2v) is 7.26. The zero-order valence-corrected chi connectivity index (χ0v) is 15.9. The van der Waals surface area contributed by atoms with Crippen LogP contribution in [0.15, 0.2) is 48.1 Å². The number of carbonyl (C=O) groups excluding carboxylic acids is 2. The minimum Gasteiger partial charge on any atom is -0.336 e. The molecule has 1 atom stereocenters. The fourth-order valence-electron chi connectivity index (χ4n) is 2.19. The third-order valence-electron chi connectivity index (χ3n) is 3.37. The molecule has 26 heavy (non-hydrogen) atoms. The van der Waals surface area contributed by atoms with Crippen LogP contribution in [0.1, 0.15) is 20.8 Å². The smallest absolute Gasteiger partial charge is 0.321 e. The zero-order valence-electron chi connectivity index (χ0n) is 15.1. The van der Waals surface area contributed by atoms with E-state index in [1.165, 1.54) is 11.8 Å². The van der Waals surface area contributed by atoms with E-state index in [0.717, 1.165) is 5.56 Å². The molecule has 2 rings (SSSR count). The first-order valence-electron chi connectivity index (χ1n) is 8.30. The van der Waals surface area contributed by atoms with Crippen molar-refractivity contribution in [3.8, 4) is 11.4 Å². The van der Waals surface area contributed by atoms with Crippen molar-refractivity contribution in [2.45, 2.75) is 43.8 Å². The summed E-state index contributed by atoms with van der Waals surface area (Å²) in [6, 6.07) is 9.14. The zero-order chi connectivity index (χ0) is 19.1. The largest absolute Gasteiger partial charge is 0.336 e. The molecular weight excluding hydrogens is 350 g/mol. The molecule has 0 aliphatic heterocycles. The van der Waals surface area contributed by atoms with Gasteiger partial charge in [0.2, 0.25) is 5.91 Å². The van der Waals surface area contributed by atoms with Crippen LogP contribution in [0.5, 0.6) is 0 Å². The van der Waals surface area contributed by atoms with Crippen LogP contribution in [0.25, 0.3) is 11.4 Å². The van der Waals surface area contributed by atoms with Crippen molar-refractivity contribution < 1.29 is 9.59 Å². The summed E-state index contributed by atoms with van der Waals surface area (Å²) < 4.78 is 1.89. The topological polar surface area (TPSA) is 88.9 Å². The Morgan fingerprint density at radius 3 is 2.54 bits per heavy atom. The molecule has 2 N–H and O–H groups in total. The van der Waals surface area contributed by atoms with Gasteiger partial charge in [0.25, 0.3) is 0 Å². The van der Waals surface area contributed by atoms with E-state index in [-0.39, 0.29) is 11.9 Å². The fraction of sp³-hybridized carbons (Fsp3) is 0.333. The number of amides is 3. The van der Waals surface area contributed by atoms with E-state index >= 15 is 0 Å². The summed E-state index contributed by atoms with van der Waals surface area (Å²) in [5.74, 6) is 0.320. The maximum Gasteiger partial charge on any atom is 0.321 e. The Morgan fingerprint density at radius 2 is 1.92 bits per heavy atom. The molecule has 3 amide bonds.